The highest BCUT2D eigenvalue weighted by atomic mass is 15.2. The molecular weight excluding hydrogens is 262 g/mol. The van der Waals surface area contributed by atoms with Crippen LogP contribution in [-0.2, 0) is 0 Å². The molecule has 112 valence electrons. The van der Waals surface area contributed by atoms with Crippen LogP contribution in [0.1, 0.15) is 12.8 Å². The number of anilines is 2. The Morgan fingerprint density at radius 1 is 1.29 bits per heavy atom. The summed E-state index contributed by atoms with van der Waals surface area (Å²) in [7, 11) is 4.01. The van der Waals surface area contributed by atoms with E-state index < -0.39 is 0 Å². The lowest BCUT2D eigenvalue weighted by atomic mass is 9.99. The molecule has 21 heavy (non-hydrogen) atoms. The van der Waals surface area contributed by atoms with Gasteiger partial charge in [0.05, 0.1) is 11.0 Å². The molecule has 0 saturated carbocycles. The Kier molecular flexibility index (Phi) is 4.20. The molecule has 1 atom stereocenters. The molecule has 0 bridgehead atoms. The van der Waals surface area contributed by atoms with Crippen LogP contribution in [0.3, 0.4) is 0 Å². The molecule has 0 amide bonds. The normalized spacial score (nSPS) is 18.7. The summed E-state index contributed by atoms with van der Waals surface area (Å²) in [5.74, 6) is 2.46. The molecule has 3 rings (SSSR count). The van der Waals surface area contributed by atoms with E-state index in [9.17, 15) is 0 Å². The second kappa shape index (κ2) is 6.26. The number of nitrogens with zero attached hydrogens (tertiary/aromatic N) is 3. The van der Waals surface area contributed by atoms with Crippen LogP contribution in [0.15, 0.2) is 24.3 Å². The predicted octanol–water partition coefficient (Wildman–Crippen LogP) is 2.11. The zero-order valence-electron chi connectivity index (χ0n) is 12.8. The number of fused-ring (bicyclic) bond motifs is 1. The molecule has 5 nitrogen and oxygen atoms in total. The standard InChI is InChI=1S/C16H23N5/c1-17-15-16(20-14-8-4-3-7-13(14)19-15)21(2)11-12-6-5-9-18-10-12/h3-4,7-8,12,18H,5-6,9-11H2,1-2H3,(H,17,19)/t12-/m1/s1. The average molecular weight is 285 g/mol. The minimum absolute atomic E-state index is 0.682. The lowest BCUT2D eigenvalue weighted by Crippen LogP contribution is -2.37. The third-order valence-electron chi connectivity index (χ3n) is 4.08. The number of nitrogens with one attached hydrogen (secondary N) is 2. The monoisotopic (exact) mass is 285 g/mol. The lowest BCUT2D eigenvalue weighted by molar-refractivity contribution is 0.380. The lowest BCUT2D eigenvalue weighted by Gasteiger charge is -2.29. The summed E-state index contributed by atoms with van der Waals surface area (Å²) in [5.41, 5.74) is 1.87. The summed E-state index contributed by atoms with van der Waals surface area (Å²) in [6.45, 7) is 3.26. The van der Waals surface area contributed by atoms with Gasteiger partial charge in [-0.2, -0.15) is 0 Å². The van der Waals surface area contributed by atoms with E-state index in [1.165, 1.54) is 12.8 Å². The first-order valence-corrected chi connectivity index (χ1v) is 7.64. The Morgan fingerprint density at radius 3 is 2.71 bits per heavy atom. The van der Waals surface area contributed by atoms with Crippen LogP contribution in [0, 0.1) is 5.92 Å². The molecule has 1 aromatic carbocycles. The number of piperidine rings is 1. The molecule has 2 aromatic rings. The zero-order valence-corrected chi connectivity index (χ0v) is 12.8. The number of hydrogen-bond donors (Lipinski definition) is 2. The van der Waals surface area contributed by atoms with E-state index in [4.69, 9.17) is 4.98 Å². The van der Waals surface area contributed by atoms with E-state index in [1.807, 2.05) is 31.3 Å². The van der Waals surface area contributed by atoms with Gasteiger partial charge in [-0.15, -0.1) is 0 Å². The Morgan fingerprint density at radius 2 is 2.05 bits per heavy atom. The largest absolute Gasteiger partial charge is 0.370 e. The van der Waals surface area contributed by atoms with Gasteiger partial charge < -0.3 is 15.5 Å². The zero-order chi connectivity index (χ0) is 14.7. The molecule has 0 aliphatic carbocycles. The maximum Gasteiger partial charge on any atom is 0.172 e. The highest BCUT2D eigenvalue weighted by Crippen LogP contribution is 2.25. The first kappa shape index (κ1) is 14.1. The van der Waals surface area contributed by atoms with Crippen molar-refractivity contribution in [2.75, 3.05) is 43.9 Å². The van der Waals surface area contributed by atoms with Crippen molar-refractivity contribution in [2.24, 2.45) is 5.92 Å². The summed E-state index contributed by atoms with van der Waals surface area (Å²) in [6.07, 6.45) is 2.55. The van der Waals surface area contributed by atoms with E-state index >= 15 is 0 Å². The smallest absolute Gasteiger partial charge is 0.172 e. The molecule has 1 fully saturated rings. The van der Waals surface area contributed by atoms with Gasteiger partial charge in [0, 0.05) is 20.6 Å². The Labute approximate surface area is 125 Å². The average Bonchev–Trinajstić information content (AvgIpc) is 2.54. The van der Waals surface area contributed by atoms with Crippen LogP contribution in [-0.4, -0.2) is 43.7 Å². The highest BCUT2D eigenvalue weighted by Gasteiger charge is 2.18. The molecular formula is C16H23N5. The van der Waals surface area contributed by atoms with Crippen LogP contribution < -0.4 is 15.5 Å². The van der Waals surface area contributed by atoms with E-state index in [-0.39, 0.29) is 0 Å². The maximum absolute atomic E-state index is 4.79. The van der Waals surface area contributed by atoms with E-state index in [0.29, 0.717) is 5.92 Å². The fourth-order valence-electron chi connectivity index (χ4n) is 2.98. The Balaban J connectivity index is 1.86. The molecule has 5 heteroatoms. The molecule has 0 radical (unpaired) electrons. The third-order valence-corrected chi connectivity index (χ3v) is 4.08. The van der Waals surface area contributed by atoms with Crippen LogP contribution in [0.4, 0.5) is 11.6 Å². The third kappa shape index (κ3) is 3.08. The number of hydrogen-bond acceptors (Lipinski definition) is 5. The number of para-hydroxylation sites is 2. The molecule has 2 heterocycles. The van der Waals surface area contributed by atoms with Gasteiger partial charge in [0.15, 0.2) is 11.6 Å². The highest BCUT2D eigenvalue weighted by molar-refractivity contribution is 5.80. The number of aromatic nitrogens is 2. The number of benzene rings is 1. The van der Waals surface area contributed by atoms with Gasteiger partial charge in [0.25, 0.3) is 0 Å². The Hall–Kier alpha value is -1.88. The molecule has 1 aromatic heterocycles. The van der Waals surface area contributed by atoms with Crippen LogP contribution in [0.25, 0.3) is 11.0 Å². The van der Waals surface area contributed by atoms with E-state index in [2.05, 4.69) is 27.6 Å². The van der Waals surface area contributed by atoms with Gasteiger partial charge in [-0.1, -0.05) is 12.1 Å². The SMILES string of the molecule is CNc1nc2ccccc2nc1N(C)C[C@@H]1CCCNC1. The minimum atomic E-state index is 0.682. The second-order valence-corrected chi connectivity index (χ2v) is 5.73. The summed E-state index contributed by atoms with van der Waals surface area (Å²) in [5, 5.41) is 6.65. The minimum Gasteiger partial charge on any atom is -0.370 e. The molecule has 1 aliphatic rings. The summed E-state index contributed by atoms with van der Waals surface area (Å²) in [4.78, 5) is 11.7. The van der Waals surface area contributed by atoms with Gasteiger partial charge >= 0.3 is 0 Å². The molecule has 0 unspecified atom stereocenters. The van der Waals surface area contributed by atoms with Crippen molar-refractivity contribution in [1.82, 2.24) is 15.3 Å². The molecule has 1 saturated heterocycles. The van der Waals surface area contributed by atoms with Crippen molar-refractivity contribution in [3.05, 3.63) is 24.3 Å². The second-order valence-electron chi connectivity index (χ2n) is 5.73. The van der Waals surface area contributed by atoms with Gasteiger partial charge in [-0.25, -0.2) is 9.97 Å². The first-order valence-electron chi connectivity index (χ1n) is 7.64. The summed E-state index contributed by atoms with van der Waals surface area (Å²) >= 11 is 0. The van der Waals surface area contributed by atoms with Crippen molar-refractivity contribution >= 4 is 22.7 Å². The molecule has 2 N–H and O–H groups in total. The fraction of sp³-hybridized carbons (Fsp3) is 0.500. The first-order chi connectivity index (χ1) is 10.3. The summed E-state index contributed by atoms with van der Waals surface area (Å²) in [6, 6.07) is 8.01. The predicted molar refractivity (Wildman–Crippen MR) is 87.9 cm³/mol. The van der Waals surface area contributed by atoms with Gasteiger partial charge in [0.2, 0.25) is 0 Å². The molecule has 0 spiro atoms. The van der Waals surface area contributed by atoms with Crippen LogP contribution in [0.5, 0.6) is 0 Å². The Bertz CT molecular complexity index is 607. The quantitative estimate of drug-likeness (QED) is 0.901. The van der Waals surface area contributed by atoms with Gasteiger partial charge in [-0.05, 0) is 44.0 Å². The van der Waals surface area contributed by atoms with Crippen LogP contribution >= 0.6 is 0 Å². The van der Waals surface area contributed by atoms with Crippen LogP contribution in [0.2, 0.25) is 0 Å². The van der Waals surface area contributed by atoms with E-state index in [0.717, 1.165) is 42.3 Å². The van der Waals surface area contributed by atoms with E-state index in [1.54, 1.807) is 0 Å². The van der Waals surface area contributed by atoms with Crippen molar-refractivity contribution in [2.45, 2.75) is 12.8 Å². The maximum atomic E-state index is 4.79. The van der Waals surface area contributed by atoms with Crippen molar-refractivity contribution in [1.29, 1.82) is 0 Å². The van der Waals surface area contributed by atoms with Gasteiger partial charge in [0.1, 0.15) is 0 Å². The molecule has 1 aliphatic heterocycles. The van der Waals surface area contributed by atoms with Gasteiger partial charge in [-0.3, -0.25) is 0 Å². The van der Waals surface area contributed by atoms with Crippen molar-refractivity contribution < 1.29 is 0 Å². The fourth-order valence-corrected chi connectivity index (χ4v) is 2.98. The topological polar surface area (TPSA) is 53.1 Å². The van der Waals surface area contributed by atoms with Crippen molar-refractivity contribution in [3.63, 3.8) is 0 Å². The van der Waals surface area contributed by atoms with Crippen molar-refractivity contribution in [3.8, 4) is 0 Å². The summed E-state index contributed by atoms with van der Waals surface area (Å²) < 4.78 is 0. The number of rotatable bonds is 4.